The van der Waals surface area contributed by atoms with Crippen LogP contribution in [-0.4, -0.2) is 18.1 Å². The van der Waals surface area contributed by atoms with Crippen LogP contribution in [0.4, 0.5) is 10.2 Å². The van der Waals surface area contributed by atoms with Gasteiger partial charge < -0.3 is 4.90 Å². The third-order valence-electron chi connectivity index (χ3n) is 2.17. The van der Waals surface area contributed by atoms with Crippen LogP contribution in [0.15, 0.2) is 16.7 Å². The number of pyridine rings is 1. The zero-order valence-corrected chi connectivity index (χ0v) is 10.1. The second kappa shape index (κ2) is 5.08. The number of hydrogen-bond acceptors (Lipinski definition) is 3. The van der Waals surface area contributed by atoms with Gasteiger partial charge in [0.2, 0.25) is 0 Å². The van der Waals surface area contributed by atoms with E-state index in [4.69, 9.17) is 5.26 Å². The van der Waals surface area contributed by atoms with E-state index in [1.54, 1.807) is 11.9 Å². The monoisotopic (exact) mass is 271 g/mol. The summed E-state index contributed by atoms with van der Waals surface area (Å²) in [6, 6.07) is 3.35. The van der Waals surface area contributed by atoms with Crippen molar-refractivity contribution < 1.29 is 4.39 Å². The van der Waals surface area contributed by atoms with Crippen LogP contribution in [-0.2, 0) is 0 Å². The molecule has 0 N–H and O–H groups in total. The number of nitriles is 1. The Morgan fingerprint density at radius 3 is 2.93 bits per heavy atom. The largest absolute Gasteiger partial charge is 0.354 e. The van der Waals surface area contributed by atoms with Crippen molar-refractivity contribution in [2.75, 3.05) is 11.9 Å². The van der Waals surface area contributed by atoms with Gasteiger partial charge in [-0.25, -0.2) is 9.37 Å². The van der Waals surface area contributed by atoms with Gasteiger partial charge in [-0.3, -0.25) is 0 Å². The summed E-state index contributed by atoms with van der Waals surface area (Å²) >= 11 is 3.14. The van der Waals surface area contributed by atoms with Gasteiger partial charge in [-0.15, -0.1) is 0 Å². The van der Waals surface area contributed by atoms with Gasteiger partial charge in [-0.05, 0) is 28.9 Å². The maximum Gasteiger partial charge on any atom is 0.166 e. The molecule has 0 saturated heterocycles. The molecule has 80 valence electrons. The molecule has 1 heterocycles. The Morgan fingerprint density at radius 1 is 1.73 bits per heavy atom. The molecule has 0 amide bonds. The first-order chi connectivity index (χ1) is 7.06. The van der Waals surface area contributed by atoms with Crippen molar-refractivity contribution in [3.05, 3.63) is 22.6 Å². The first kappa shape index (κ1) is 11.9. The summed E-state index contributed by atoms with van der Waals surface area (Å²) < 4.78 is 14.1. The van der Waals surface area contributed by atoms with E-state index in [-0.39, 0.29) is 11.9 Å². The highest BCUT2D eigenvalue weighted by molar-refractivity contribution is 9.10. The van der Waals surface area contributed by atoms with E-state index in [1.807, 2.05) is 13.0 Å². The molecular formula is C10H11BrFN3. The summed E-state index contributed by atoms with van der Waals surface area (Å²) in [5, 5.41) is 8.55. The van der Waals surface area contributed by atoms with Crippen LogP contribution >= 0.6 is 15.9 Å². The second-order valence-corrected chi connectivity index (χ2v) is 4.20. The van der Waals surface area contributed by atoms with Crippen molar-refractivity contribution in [1.29, 1.82) is 5.26 Å². The zero-order valence-electron chi connectivity index (χ0n) is 8.54. The Kier molecular flexibility index (Phi) is 4.04. The molecule has 0 aliphatic rings. The van der Waals surface area contributed by atoms with Crippen LogP contribution in [0, 0.1) is 17.1 Å². The molecule has 1 unspecified atom stereocenters. The number of aromatic nitrogens is 1. The number of hydrogen-bond donors (Lipinski definition) is 0. The number of rotatable bonds is 3. The molecule has 5 heteroatoms. The molecule has 1 aromatic rings. The fourth-order valence-corrected chi connectivity index (χ4v) is 1.45. The third kappa shape index (κ3) is 2.90. The van der Waals surface area contributed by atoms with Gasteiger partial charge in [-0.2, -0.15) is 5.26 Å². The van der Waals surface area contributed by atoms with E-state index >= 15 is 0 Å². The molecule has 15 heavy (non-hydrogen) atoms. The lowest BCUT2D eigenvalue weighted by atomic mass is 10.2. The first-order valence-electron chi connectivity index (χ1n) is 4.47. The Morgan fingerprint density at radius 2 is 2.40 bits per heavy atom. The van der Waals surface area contributed by atoms with E-state index < -0.39 is 5.82 Å². The maximum absolute atomic E-state index is 13.5. The van der Waals surface area contributed by atoms with Gasteiger partial charge in [0.05, 0.1) is 12.5 Å². The van der Waals surface area contributed by atoms with Crippen LogP contribution in [0.5, 0.6) is 0 Å². The van der Waals surface area contributed by atoms with Crippen LogP contribution in [0.3, 0.4) is 0 Å². The lowest BCUT2D eigenvalue weighted by Gasteiger charge is -2.24. The number of anilines is 1. The molecule has 0 fully saturated rings. The van der Waals surface area contributed by atoms with Crippen molar-refractivity contribution in [2.24, 2.45) is 0 Å². The Hall–Kier alpha value is -1.15. The summed E-state index contributed by atoms with van der Waals surface area (Å²) in [4.78, 5) is 5.63. The molecule has 0 radical (unpaired) electrons. The topological polar surface area (TPSA) is 39.9 Å². The Balaban J connectivity index is 2.91. The van der Waals surface area contributed by atoms with Gasteiger partial charge in [0, 0.05) is 23.8 Å². The average molecular weight is 272 g/mol. The van der Waals surface area contributed by atoms with Crippen LogP contribution < -0.4 is 4.90 Å². The van der Waals surface area contributed by atoms with Crippen LogP contribution in [0.2, 0.25) is 0 Å². The fraction of sp³-hybridized carbons (Fsp3) is 0.400. The smallest absolute Gasteiger partial charge is 0.166 e. The number of nitrogens with zero attached hydrogens (tertiary/aromatic N) is 3. The molecule has 0 aromatic carbocycles. The van der Waals surface area contributed by atoms with E-state index in [0.29, 0.717) is 10.9 Å². The minimum Gasteiger partial charge on any atom is -0.354 e. The van der Waals surface area contributed by atoms with Gasteiger partial charge in [0.15, 0.2) is 11.6 Å². The molecule has 0 saturated carbocycles. The minimum absolute atomic E-state index is 0.0572. The molecular weight excluding hydrogens is 261 g/mol. The highest BCUT2D eigenvalue weighted by Gasteiger charge is 2.15. The molecule has 1 aromatic heterocycles. The zero-order chi connectivity index (χ0) is 11.4. The summed E-state index contributed by atoms with van der Waals surface area (Å²) in [6.45, 7) is 1.85. The third-order valence-corrected chi connectivity index (χ3v) is 2.60. The highest BCUT2D eigenvalue weighted by Crippen LogP contribution is 2.20. The Bertz CT molecular complexity index is 389. The molecule has 0 spiro atoms. The lowest BCUT2D eigenvalue weighted by molar-refractivity contribution is 0.597. The quantitative estimate of drug-likeness (QED) is 0.849. The SMILES string of the molecule is CC(CC#N)N(C)c1ncc(Br)cc1F. The first-order valence-corrected chi connectivity index (χ1v) is 5.26. The van der Waals surface area contributed by atoms with Crippen LogP contribution in [0.25, 0.3) is 0 Å². The van der Waals surface area contributed by atoms with Crippen molar-refractivity contribution >= 4 is 21.7 Å². The molecule has 3 nitrogen and oxygen atoms in total. The van der Waals surface area contributed by atoms with Gasteiger partial charge in [-0.1, -0.05) is 0 Å². The van der Waals surface area contributed by atoms with Crippen molar-refractivity contribution in [2.45, 2.75) is 19.4 Å². The molecule has 1 atom stereocenters. The molecule has 1 rings (SSSR count). The van der Waals surface area contributed by atoms with E-state index in [2.05, 4.69) is 20.9 Å². The molecule has 0 bridgehead atoms. The second-order valence-electron chi connectivity index (χ2n) is 3.28. The molecule has 0 aliphatic heterocycles. The average Bonchev–Trinajstić information content (AvgIpc) is 2.17. The standard InChI is InChI=1S/C10H11BrFN3/c1-7(3-4-13)15(2)10-9(12)5-8(11)6-14-10/h5-7H,3H2,1-2H3. The summed E-state index contributed by atoms with van der Waals surface area (Å²) in [6.07, 6.45) is 1.88. The van der Waals surface area contributed by atoms with Gasteiger partial charge in [0.1, 0.15) is 0 Å². The van der Waals surface area contributed by atoms with E-state index in [1.165, 1.54) is 12.3 Å². The van der Waals surface area contributed by atoms with Gasteiger partial charge in [0.25, 0.3) is 0 Å². The predicted octanol–water partition coefficient (Wildman–Crippen LogP) is 2.72. The van der Waals surface area contributed by atoms with Crippen molar-refractivity contribution in [1.82, 2.24) is 4.98 Å². The minimum atomic E-state index is -0.392. The highest BCUT2D eigenvalue weighted by atomic mass is 79.9. The summed E-state index contributed by atoms with van der Waals surface area (Å²) in [7, 11) is 1.72. The Labute approximate surface area is 96.7 Å². The predicted molar refractivity (Wildman–Crippen MR) is 60.0 cm³/mol. The van der Waals surface area contributed by atoms with E-state index in [9.17, 15) is 4.39 Å². The maximum atomic E-state index is 13.5. The van der Waals surface area contributed by atoms with Crippen molar-refractivity contribution in [3.8, 4) is 6.07 Å². The number of halogens is 2. The lowest BCUT2D eigenvalue weighted by Crippen LogP contribution is -2.29. The van der Waals surface area contributed by atoms with Crippen molar-refractivity contribution in [3.63, 3.8) is 0 Å². The van der Waals surface area contributed by atoms with E-state index in [0.717, 1.165) is 0 Å². The van der Waals surface area contributed by atoms with Crippen LogP contribution in [0.1, 0.15) is 13.3 Å². The fourth-order valence-electron chi connectivity index (χ4n) is 1.14. The van der Waals surface area contributed by atoms with Gasteiger partial charge >= 0.3 is 0 Å². The molecule has 0 aliphatic carbocycles. The summed E-state index contributed by atoms with van der Waals surface area (Å²) in [5.74, 6) is -0.127. The summed E-state index contributed by atoms with van der Waals surface area (Å²) in [5.41, 5.74) is 0. The normalized spacial score (nSPS) is 11.9.